The number of hydrogen-bond donors (Lipinski definition) is 0. The van der Waals surface area contributed by atoms with E-state index in [4.69, 9.17) is 39.9 Å². The molecule has 0 aliphatic heterocycles. The van der Waals surface area contributed by atoms with Gasteiger partial charge in [-0.2, -0.15) is 0 Å². The molecule has 0 N–H and O–H groups in total. The Balaban J connectivity index is 0.0000000866. The first-order chi connectivity index (χ1) is 57.7. The molecule has 0 saturated carbocycles. The van der Waals surface area contributed by atoms with Crippen LogP contribution in [0.5, 0.6) is 0 Å². The zero-order valence-electron chi connectivity index (χ0n) is 62.0. The summed E-state index contributed by atoms with van der Waals surface area (Å²) >= 11 is 0. The summed E-state index contributed by atoms with van der Waals surface area (Å²) in [6.45, 7) is 0. The van der Waals surface area contributed by atoms with Gasteiger partial charge in [0.2, 0.25) is 0 Å². The lowest BCUT2D eigenvalue weighted by molar-refractivity contribution is 1.20. The molecule has 0 radical (unpaired) electrons. The van der Waals surface area contributed by atoms with Gasteiger partial charge in [0.1, 0.15) is 33.8 Å². The van der Waals surface area contributed by atoms with Crippen molar-refractivity contribution in [2.75, 3.05) is 0 Å². The number of fused-ring (bicyclic) bond motifs is 52. The van der Waals surface area contributed by atoms with Crippen LogP contribution in [0.1, 0.15) is 0 Å². The quantitative estimate of drug-likeness (QED) is 0.138. The van der Waals surface area contributed by atoms with E-state index in [2.05, 4.69) is 321 Å². The fraction of sp³-hybridized carbons (Fsp3) is 0. The van der Waals surface area contributed by atoms with E-state index in [1.54, 1.807) is 12.4 Å². The van der Waals surface area contributed by atoms with Crippen molar-refractivity contribution >= 4 is 240 Å². The molecule has 28 rings (SSSR count). The maximum absolute atomic E-state index is 5.11. The van der Waals surface area contributed by atoms with Crippen molar-refractivity contribution in [3.8, 4) is 0 Å². The Morgan fingerprint density at radius 3 is 0.802 bits per heavy atom. The van der Waals surface area contributed by atoms with Crippen LogP contribution in [0.3, 0.4) is 0 Å². The van der Waals surface area contributed by atoms with Gasteiger partial charge in [-0.1, -0.05) is 261 Å². The second-order valence-electron chi connectivity index (χ2n) is 29.9. The van der Waals surface area contributed by atoms with Gasteiger partial charge in [-0.25, -0.2) is 29.9 Å². The second kappa shape index (κ2) is 24.8. The van der Waals surface area contributed by atoms with Gasteiger partial charge in [0.15, 0.2) is 5.65 Å². The predicted molar refractivity (Wildman–Crippen MR) is 482 cm³/mol. The molecule has 11 aromatic heterocycles. The van der Waals surface area contributed by atoms with Crippen LogP contribution < -0.4 is 0 Å². The van der Waals surface area contributed by atoms with Gasteiger partial charge in [0.05, 0.1) is 60.7 Å². The standard InChI is InChI=1S/C27H16N2.2C26H15N3.C25H14N4/c1-3-11-19-17(9-1)18-10-2-4-12-20(18)26-25(19)21-13-5-7-15-23(21)29-24-16-8-6-14-22(24)28-27(26)29;1-3-10-18-16(8-1)17-9-2-4-11-19(17)24-23(18)20-12-7-15-27-25(20)29-22-14-6-5-13-21(22)28-26(24)29;1-3-10-18-16(8-1)17-9-2-4-11-19(17)24-23(18)25-22(14-7-15-27-25)29-21-13-6-5-12-20(21)28-26(24)29;1-3-9-17-15(7-1)16-8-2-4-10-18(16)22-21(17)23-25(27-14-13-26-23)29-20-12-6-5-11-19(20)28-24(22)29/h1-16H;2*1-15H;1-14H. The van der Waals surface area contributed by atoms with Crippen molar-refractivity contribution in [1.82, 2.24) is 57.5 Å². The van der Waals surface area contributed by atoms with E-state index < -0.39 is 0 Å². The maximum Gasteiger partial charge on any atom is 0.165 e. The van der Waals surface area contributed by atoms with E-state index in [1.807, 2.05) is 48.8 Å². The lowest BCUT2D eigenvalue weighted by Crippen LogP contribution is -1.97. The fourth-order valence-electron chi connectivity index (χ4n) is 19.3. The molecule has 0 aliphatic rings. The third-order valence-electron chi connectivity index (χ3n) is 23.9. The van der Waals surface area contributed by atoms with Gasteiger partial charge in [-0.05, 0) is 165 Å². The van der Waals surface area contributed by atoms with E-state index in [9.17, 15) is 0 Å². The number of para-hydroxylation sites is 9. The van der Waals surface area contributed by atoms with Crippen LogP contribution in [-0.2, 0) is 0 Å². The Bertz CT molecular complexity index is 8100. The molecule has 28 aromatic rings. The van der Waals surface area contributed by atoms with E-state index in [1.165, 1.54) is 129 Å². The van der Waals surface area contributed by atoms with Crippen LogP contribution in [0, 0.1) is 0 Å². The zero-order chi connectivity index (χ0) is 75.8. The summed E-state index contributed by atoms with van der Waals surface area (Å²) in [5.41, 5.74) is 18.3. The molecule has 17 aromatic carbocycles. The first-order valence-corrected chi connectivity index (χ1v) is 39.1. The van der Waals surface area contributed by atoms with Gasteiger partial charge in [-0.15, -0.1) is 0 Å². The lowest BCUT2D eigenvalue weighted by Gasteiger charge is -2.14. The number of nitrogens with zero attached hydrogens (tertiary/aromatic N) is 12. The van der Waals surface area contributed by atoms with Crippen molar-refractivity contribution in [3.05, 3.63) is 365 Å². The minimum atomic E-state index is 0.837. The van der Waals surface area contributed by atoms with Gasteiger partial charge in [0, 0.05) is 78.6 Å². The molecular formula is C104H60N12. The molecule has 0 aliphatic carbocycles. The van der Waals surface area contributed by atoms with Crippen molar-refractivity contribution in [2.24, 2.45) is 0 Å². The molecular weight excluding hydrogens is 1420 g/mol. The van der Waals surface area contributed by atoms with Crippen molar-refractivity contribution in [1.29, 1.82) is 0 Å². The zero-order valence-corrected chi connectivity index (χ0v) is 62.0. The first-order valence-electron chi connectivity index (χ1n) is 39.1. The molecule has 0 saturated heterocycles. The van der Waals surface area contributed by atoms with Crippen molar-refractivity contribution in [2.45, 2.75) is 0 Å². The number of pyridine rings is 6. The Labute approximate surface area is 657 Å². The van der Waals surface area contributed by atoms with Gasteiger partial charge >= 0.3 is 0 Å². The average Bonchev–Trinajstić information content (AvgIpc) is 1.44. The number of imidazole rings is 4. The van der Waals surface area contributed by atoms with E-state index in [-0.39, 0.29) is 0 Å². The summed E-state index contributed by atoms with van der Waals surface area (Å²) in [6.07, 6.45) is 7.28. The molecule has 536 valence electrons. The Hall–Kier alpha value is -15.9. The molecule has 116 heavy (non-hydrogen) atoms. The highest BCUT2D eigenvalue weighted by Gasteiger charge is 2.25. The third-order valence-corrected chi connectivity index (χ3v) is 23.9. The lowest BCUT2D eigenvalue weighted by atomic mass is 9.93. The molecule has 0 amide bonds. The highest BCUT2D eigenvalue weighted by molar-refractivity contribution is 6.38. The van der Waals surface area contributed by atoms with Crippen LogP contribution in [0.2, 0.25) is 0 Å². The Morgan fingerprint density at radius 1 is 0.138 bits per heavy atom. The normalized spacial score (nSPS) is 12.1. The Kier molecular flexibility index (Phi) is 13.6. The summed E-state index contributed by atoms with van der Waals surface area (Å²) in [6, 6.07) is 120. The highest BCUT2D eigenvalue weighted by Crippen LogP contribution is 2.47. The SMILES string of the molecule is c1ccc2c(c1)nc1c3c4ccccc4c4ccccc4c3c3ccccc3n21.c1ccc2c(c1)nc1c3c4ccccc4c4ccccc4c3c3cccnc3n21.c1ccc2c(c1)nc1c3c4ccccc4c4ccccc4c3c3ncccc3n21.c1ccc2c(c1)nc1c3c4ccccc4c4ccccc4c3c3nccnc3n21. The molecule has 0 fully saturated rings. The predicted octanol–water partition coefficient (Wildman–Crippen LogP) is 26.0. The minimum absolute atomic E-state index is 0.837. The van der Waals surface area contributed by atoms with Crippen LogP contribution >= 0.6 is 0 Å². The number of hydrogen-bond acceptors (Lipinski definition) is 8. The smallest absolute Gasteiger partial charge is 0.165 e. The topological polar surface area (TPSA) is 121 Å². The van der Waals surface area contributed by atoms with Gasteiger partial charge in [-0.3, -0.25) is 27.6 Å². The molecule has 11 heterocycles. The Morgan fingerprint density at radius 2 is 0.379 bits per heavy atom. The van der Waals surface area contributed by atoms with E-state index in [0.717, 1.165) is 111 Å². The highest BCUT2D eigenvalue weighted by atomic mass is 15.1. The van der Waals surface area contributed by atoms with Crippen LogP contribution in [0.25, 0.3) is 240 Å². The molecule has 12 nitrogen and oxygen atoms in total. The van der Waals surface area contributed by atoms with Crippen molar-refractivity contribution < 1.29 is 0 Å². The summed E-state index contributed by atoms with van der Waals surface area (Å²) in [4.78, 5) is 39.5. The number of aromatic nitrogens is 12. The monoisotopic (exact) mass is 1480 g/mol. The van der Waals surface area contributed by atoms with Crippen LogP contribution in [0.4, 0.5) is 0 Å². The third kappa shape index (κ3) is 9.02. The maximum atomic E-state index is 5.11. The summed E-state index contributed by atoms with van der Waals surface area (Å²) in [5, 5.41) is 31.8. The summed E-state index contributed by atoms with van der Waals surface area (Å²) in [5.74, 6) is 0. The number of rotatable bonds is 0. The van der Waals surface area contributed by atoms with E-state index in [0.29, 0.717) is 0 Å². The molecule has 0 spiro atoms. The van der Waals surface area contributed by atoms with Gasteiger partial charge in [0.25, 0.3) is 0 Å². The number of benzene rings is 17. The average molecular weight is 1480 g/mol. The largest absolute Gasteiger partial charge is 0.292 e. The van der Waals surface area contributed by atoms with Crippen molar-refractivity contribution in [3.63, 3.8) is 0 Å². The van der Waals surface area contributed by atoms with Crippen LogP contribution in [-0.4, -0.2) is 57.5 Å². The first kappa shape index (κ1) is 63.8. The molecule has 0 atom stereocenters. The van der Waals surface area contributed by atoms with Gasteiger partial charge < -0.3 is 0 Å². The summed E-state index contributed by atoms with van der Waals surface area (Å²) < 4.78 is 8.96. The fourth-order valence-corrected chi connectivity index (χ4v) is 19.3. The summed E-state index contributed by atoms with van der Waals surface area (Å²) in [7, 11) is 0. The van der Waals surface area contributed by atoms with E-state index >= 15 is 0 Å². The second-order valence-corrected chi connectivity index (χ2v) is 29.9. The molecule has 0 unspecified atom stereocenters. The minimum Gasteiger partial charge on any atom is -0.292 e. The molecule has 12 heteroatoms. The van der Waals surface area contributed by atoms with Crippen LogP contribution in [0.15, 0.2) is 365 Å². The molecule has 0 bridgehead atoms.